The molecule has 0 aromatic heterocycles. The van der Waals surface area contributed by atoms with Gasteiger partial charge < -0.3 is 35.4 Å². The second kappa shape index (κ2) is 17.4. The van der Waals surface area contributed by atoms with Gasteiger partial charge in [0, 0.05) is 12.2 Å². The van der Waals surface area contributed by atoms with Gasteiger partial charge in [-0.2, -0.15) is 0 Å². The first kappa shape index (κ1) is 35.0. The lowest BCUT2D eigenvalue weighted by Gasteiger charge is -2.23. The maximum atomic E-state index is 10.6. The van der Waals surface area contributed by atoms with Gasteiger partial charge in [-0.1, -0.05) is 13.2 Å². The molecule has 174 valence electrons. The number of esters is 2. The molecule has 0 aromatic rings. The standard InChI is InChI=1S/2C8H16NO2.CH4O4S.ClH/c2*1-5-8(10)11-7-6-9(2,3)4;1-5-6(2,3)4;/h2*5H,1,6-7H2,2-4H3;1H3,(H,2,3,4);1H/q2*+1;;/p-2. The first-order valence-electron chi connectivity index (χ1n) is 8.18. The number of hydrogen-bond donors (Lipinski definition) is 0. The fourth-order valence-electron chi connectivity index (χ4n) is 0.958. The van der Waals surface area contributed by atoms with E-state index < -0.39 is 10.4 Å². The van der Waals surface area contributed by atoms with Crippen molar-refractivity contribution in [2.45, 2.75) is 0 Å². The van der Waals surface area contributed by atoms with Crippen LogP contribution in [0.3, 0.4) is 0 Å². The van der Waals surface area contributed by atoms with Gasteiger partial charge in [0.15, 0.2) is 0 Å². The summed E-state index contributed by atoms with van der Waals surface area (Å²) in [5.41, 5.74) is 0. The molecule has 0 unspecified atom stereocenters. The van der Waals surface area contributed by atoms with Crippen molar-refractivity contribution >= 4 is 22.3 Å². The third-order valence-electron chi connectivity index (χ3n) is 2.55. The maximum absolute atomic E-state index is 10.6. The predicted molar refractivity (Wildman–Crippen MR) is 105 cm³/mol. The third kappa shape index (κ3) is 41.8. The van der Waals surface area contributed by atoms with E-state index >= 15 is 0 Å². The molecule has 0 N–H and O–H groups in total. The van der Waals surface area contributed by atoms with E-state index in [2.05, 4.69) is 17.3 Å². The van der Waals surface area contributed by atoms with E-state index in [4.69, 9.17) is 9.47 Å². The summed E-state index contributed by atoms with van der Waals surface area (Å²) in [5, 5.41) is 0. The molecular weight excluding hydrogens is 428 g/mol. The summed E-state index contributed by atoms with van der Waals surface area (Å²) in [6.45, 7) is 9.14. The molecule has 0 amide bonds. The Morgan fingerprint density at radius 1 is 0.862 bits per heavy atom. The zero-order valence-corrected chi connectivity index (χ0v) is 19.9. The first-order chi connectivity index (χ1) is 12.5. The summed E-state index contributed by atoms with van der Waals surface area (Å²) < 4.78 is 42.2. The van der Waals surface area contributed by atoms with Crippen molar-refractivity contribution in [3.8, 4) is 0 Å². The number of carbonyl (C=O) groups is 2. The molecule has 0 atom stereocenters. The van der Waals surface area contributed by atoms with Gasteiger partial charge in [0.05, 0.1) is 49.4 Å². The summed E-state index contributed by atoms with van der Waals surface area (Å²) in [5.74, 6) is -0.697. The van der Waals surface area contributed by atoms with Gasteiger partial charge in [-0.05, 0) is 0 Å². The Bertz CT molecular complexity index is 545. The Morgan fingerprint density at radius 2 is 1.10 bits per heavy atom. The maximum Gasteiger partial charge on any atom is 0.330 e. The molecule has 0 fully saturated rings. The van der Waals surface area contributed by atoms with E-state index in [0.29, 0.717) is 13.2 Å². The number of nitrogens with zero attached hydrogens (tertiary/aromatic N) is 2. The van der Waals surface area contributed by atoms with Gasteiger partial charge in [-0.3, -0.25) is 4.18 Å². The fourth-order valence-corrected chi connectivity index (χ4v) is 0.958. The lowest BCUT2D eigenvalue weighted by atomic mass is 10.5. The van der Waals surface area contributed by atoms with Gasteiger partial charge in [0.25, 0.3) is 0 Å². The van der Waals surface area contributed by atoms with Gasteiger partial charge in [-0.15, -0.1) is 0 Å². The summed E-state index contributed by atoms with van der Waals surface area (Å²) in [6.07, 6.45) is 2.35. The summed E-state index contributed by atoms with van der Waals surface area (Å²) in [7, 11) is 8.66. The van der Waals surface area contributed by atoms with Crippen molar-refractivity contribution in [2.24, 2.45) is 0 Å². The average Bonchev–Trinajstić information content (AvgIpc) is 2.52. The van der Waals surface area contributed by atoms with Crippen molar-refractivity contribution in [3.63, 3.8) is 0 Å². The minimum Gasteiger partial charge on any atom is -1.00 e. The highest BCUT2D eigenvalue weighted by molar-refractivity contribution is 7.80. The molecular formula is C17H35ClN2O8S. The highest BCUT2D eigenvalue weighted by atomic mass is 35.5. The van der Waals surface area contributed by atoms with Crippen LogP contribution in [0.5, 0.6) is 0 Å². The van der Waals surface area contributed by atoms with Gasteiger partial charge in [0.2, 0.25) is 10.4 Å². The minimum absolute atomic E-state index is 0. The molecule has 29 heavy (non-hydrogen) atoms. The van der Waals surface area contributed by atoms with Crippen molar-refractivity contribution in [2.75, 3.05) is 75.7 Å². The Balaban J connectivity index is -0.000000166. The van der Waals surface area contributed by atoms with E-state index in [-0.39, 0.29) is 24.3 Å². The molecule has 0 aromatic carbocycles. The molecule has 0 saturated heterocycles. The fraction of sp³-hybridized carbons (Fsp3) is 0.647. The molecule has 0 bridgehead atoms. The van der Waals surface area contributed by atoms with Crippen LogP contribution in [0.1, 0.15) is 0 Å². The van der Waals surface area contributed by atoms with Crippen LogP contribution >= 0.6 is 0 Å². The van der Waals surface area contributed by atoms with Gasteiger partial charge >= 0.3 is 11.9 Å². The lowest BCUT2D eigenvalue weighted by molar-refractivity contribution is -0.870. The smallest absolute Gasteiger partial charge is 0.330 e. The first-order valence-corrected chi connectivity index (χ1v) is 9.51. The monoisotopic (exact) mass is 462 g/mol. The molecule has 0 radical (unpaired) electrons. The highest BCUT2D eigenvalue weighted by Gasteiger charge is 2.07. The number of quaternary nitrogens is 2. The minimum atomic E-state index is -4.41. The van der Waals surface area contributed by atoms with Gasteiger partial charge in [-0.25, -0.2) is 18.0 Å². The number of ether oxygens (including phenoxy) is 2. The zero-order chi connectivity index (χ0) is 23.0. The van der Waals surface area contributed by atoms with E-state index in [0.717, 1.165) is 29.2 Å². The summed E-state index contributed by atoms with van der Waals surface area (Å²) in [4.78, 5) is 21.1. The Morgan fingerprint density at radius 3 is 1.24 bits per heavy atom. The Kier molecular flexibility index (Phi) is 20.9. The Labute approximate surface area is 181 Å². The van der Waals surface area contributed by atoms with E-state index in [1.807, 2.05) is 42.3 Å². The summed E-state index contributed by atoms with van der Waals surface area (Å²) in [6, 6.07) is 0. The van der Waals surface area contributed by atoms with Crippen LogP contribution in [0.2, 0.25) is 0 Å². The molecule has 0 saturated carbocycles. The van der Waals surface area contributed by atoms with E-state index in [1.54, 1.807) is 0 Å². The van der Waals surface area contributed by atoms with E-state index in [1.165, 1.54) is 12.2 Å². The molecule has 10 nitrogen and oxygen atoms in total. The number of hydrogen-bond acceptors (Lipinski definition) is 8. The van der Waals surface area contributed by atoms with Crippen LogP contribution in [-0.4, -0.2) is 110 Å². The van der Waals surface area contributed by atoms with Crippen LogP contribution in [0.25, 0.3) is 0 Å². The molecule has 0 aliphatic rings. The largest absolute Gasteiger partial charge is 1.00 e. The number of carbonyl (C=O) groups excluding carboxylic acids is 2. The van der Waals surface area contributed by atoms with E-state index in [9.17, 15) is 22.6 Å². The second-order valence-electron chi connectivity index (χ2n) is 7.35. The van der Waals surface area contributed by atoms with Crippen LogP contribution in [0.4, 0.5) is 0 Å². The molecule has 0 heterocycles. The number of halogens is 1. The molecule has 0 rings (SSSR count). The van der Waals surface area contributed by atoms with Crippen molar-refractivity contribution < 1.29 is 57.6 Å². The molecule has 0 aliphatic heterocycles. The molecule has 0 spiro atoms. The van der Waals surface area contributed by atoms with Gasteiger partial charge in [0.1, 0.15) is 26.3 Å². The average molecular weight is 463 g/mol. The topological polar surface area (TPSA) is 119 Å². The van der Waals surface area contributed by atoms with Crippen LogP contribution in [-0.2, 0) is 33.6 Å². The lowest BCUT2D eigenvalue weighted by Crippen LogP contribution is -3.00. The quantitative estimate of drug-likeness (QED) is 0.116. The third-order valence-corrected chi connectivity index (χ3v) is 2.96. The van der Waals surface area contributed by atoms with Crippen molar-refractivity contribution in [1.29, 1.82) is 0 Å². The molecule has 0 aliphatic carbocycles. The summed E-state index contributed by atoms with van der Waals surface area (Å²) >= 11 is 0. The predicted octanol–water partition coefficient (Wildman–Crippen LogP) is -3.06. The highest BCUT2D eigenvalue weighted by Crippen LogP contribution is 1.90. The van der Waals surface area contributed by atoms with Crippen LogP contribution in [0, 0.1) is 0 Å². The van der Waals surface area contributed by atoms with Crippen LogP contribution < -0.4 is 12.4 Å². The Hall–Kier alpha value is -1.50. The van der Waals surface area contributed by atoms with Crippen LogP contribution in [0.15, 0.2) is 25.3 Å². The zero-order valence-electron chi connectivity index (χ0n) is 18.3. The number of rotatable bonds is 9. The van der Waals surface area contributed by atoms with Crippen molar-refractivity contribution in [1.82, 2.24) is 0 Å². The second-order valence-corrected chi connectivity index (χ2v) is 8.50. The normalized spacial score (nSPS) is 10.6. The number of likely N-dealkylation sites (N-methyl/N-ethyl adjacent to an activating group) is 2. The molecule has 12 heteroatoms. The van der Waals surface area contributed by atoms with Crippen molar-refractivity contribution in [3.05, 3.63) is 25.3 Å². The SMILES string of the molecule is C=CC(=O)OCC[N+](C)(C)C.C=CC(=O)OCC[N+](C)(C)C.COS(=O)(=O)[O-].[Cl-].